The first-order valence-corrected chi connectivity index (χ1v) is 9.84. The van der Waals surface area contributed by atoms with E-state index in [1.165, 1.54) is 23.5 Å². The molecule has 0 radical (unpaired) electrons. The van der Waals surface area contributed by atoms with Gasteiger partial charge in [-0.3, -0.25) is 4.18 Å². The lowest BCUT2D eigenvalue weighted by Crippen LogP contribution is -2.12. The van der Waals surface area contributed by atoms with Crippen molar-refractivity contribution in [1.82, 2.24) is 0 Å². The number of hydrogen-bond acceptors (Lipinski definition) is 6. The first-order valence-electron chi connectivity index (χ1n) is 7.61. The molecule has 0 aliphatic heterocycles. The number of rotatable bonds is 6. The van der Waals surface area contributed by atoms with Crippen LogP contribution in [0.4, 0.5) is 0 Å². The molecular weight excluding hydrogens is 360 g/mol. The van der Waals surface area contributed by atoms with Crippen LogP contribution in [-0.4, -0.2) is 27.2 Å². The maximum atomic E-state index is 12.2. The zero-order valence-electron chi connectivity index (χ0n) is 13.8. The zero-order chi connectivity index (χ0) is 18.0. The second kappa shape index (κ2) is 7.13. The summed E-state index contributed by atoms with van der Waals surface area (Å²) in [5.41, 5.74) is 0.957. The Labute approximate surface area is 150 Å². The summed E-state index contributed by atoms with van der Waals surface area (Å²) >= 11 is 1.36. The number of methoxy groups -OCH3 is 1. The molecule has 3 aromatic rings. The maximum Gasteiger partial charge on any atom is 0.297 e. The number of aliphatic hydroxyl groups excluding tert-OH is 1. The number of thiophene rings is 1. The molecular formula is C18H18O5S2. The second-order valence-electron chi connectivity index (χ2n) is 5.59. The summed E-state index contributed by atoms with van der Waals surface area (Å²) in [4.78, 5) is 0.696. The number of fused-ring (bicyclic) bond motifs is 1. The van der Waals surface area contributed by atoms with Gasteiger partial charge in [0.15, 0.2) is 0 Å². The maximum absolute atomic E-state index is 12.2. The minimum atomic E-state index is -3.90. The molecule has 0 saturated heterocycles. The molecule has 0 bridgehead atoms. The number of benzene rings is 2. The van der Waals surface area contributed by atoms with Crippen LogP contribution in [0.5, 0.6) is 5.75 Å². The van der Waals surface area contributed by atoms with Gasteiger partial charge in [0.25, 0.3) is 10.1 Å². The smallest absolute Gasteiger partial charge is 0.297 e. The van der Waals surface area contributed by atoms with Gasteiger partial charge in [0.2, 0.25) is 0 Å². The molecule has 0 aliphatic carbocycles. The molecule has 1 N–H and O–H groups in total. The molecule has 132 valence electrons. The summed E-state index contributed by atoms with van der Waals surface area (Å²) in [7, 11) is -2.32. The van der Waals surface area contributed by atoms with Gasteiger partial charge in [-0.15, -0.1) is 11.3 Å². The molecule has 7 heteroatoms. The van der Waals surface area contributed by atoms with Crippen LogP contribution in [0.2, 0.25) is 0 Å². The largest absolute Gasteiger partial charge is 0.495 e. The van der Waals surface area contributed by atoms with Crippen LogP contribution in [-0.2, 0) is 14.3 Å². The van der Waals surface area contributed by atoms with Gasteiger partial charge in [-0.05, 0) is 36.6 Å². The molecule has 0 saturated carbocycles. The molecule has 25 heavy (non-hydrogen) atoms. The van der Waals surface area contributed by atoms with E-state index in [-0.39, 0.29) is 11.5 Å². The van der Waals surface area contributed by atoms with Crippen LogP contribution in [0.25, 0.3) is 10.1 Å². The third-order valence-electron chi connectivity index (χ3n) is 3.77. The molecule has 1 atom stereocenters. The van der Waals surface area contributed by atoms with Gasteiger partial charge < -0.3 is 9.84 Å². The monoisotopic (exact) mass is 378 g/mol. The Hall–Kier alpha value is -1.93. The van der Waals surface area contributed by atoms with Crippen molar-refractivity contribution >= 4 is 31.5 Å². The fourth-order valence-corrected chi connectivity index (χ4v) is 4.43. The average molecular weight is 378 g/mol. The molecule has 0 unspecified atom stereocenters. The standard InChI is InChI=1S/C18H18O5S2/c1-12-6-8-14(9-7-12)25(20,21)23-11-15(19)17-10-13-4-3-5-16(22-2)18(13)24-17/h3-10,15,19H,11H2,1-2H3/t15-/m1/s1. The van der Waals surface area contributed by atoms with Crippen molar-refractivity contribution in [3.63, 3.8) is 0 Å². The molecule has 0 aliphatic rings. The summed E-state index contributed by atoms with van der Waals surface area (Å²) in [5, 5.41) is 11.3. The van der Waals surface area contributed by atoms with Crippen molar-refractivity contribution in [3.05, 3.63) is 59.0 Å². The van der Waals surface area contributed by atoms with Crippen molar-refractivity contribution in [2.75, 3.05) is 13.7 Å². The quantitative estimate of drug-likeness (QED) is 0.663. The molecule has 2 aromatic carbocycles. The van der Waals surface area contributed by atoms with E-state index in [2.05, 4.69) is 0 Å². The van der Waals surface area contributed by atoms with Gasteiger partial charge in [-0.1, -0.05) is 29.8 Å². The van der Waals surface area contributed by atoms with Crippen LogP contribution in [0.3, 0.4) is 0 Å². The third kappa shape index (κ3) is 3.85. The number of aliphatic hydroxyl groups is 1. The Balaban J connectivity index is 1.76. The molecule has 0 amide bonds. The van der Waals surface area contributed by atoms with Gasteiger partial charge in [0.05, 0.1) is 23.3 Å². The number of ether oxygens (including phenoxy) is 1. The Morgan fingerprint density at radius 2 is 1.88 bits per heavy atom. The summed E-state index contributed by atoms with van der Waals surface area (Å²) in [6, 6.07) is 13.8. The predicted octanol–water partition coefficient (Wildman–Crippen LogP) is 3.66. The van der Waals surface area contributed by atoms with Crippen LogP contribution in [0, 0.1) is 6.92 Å². The summed E-state index contributed by atoms with van der Waals surface area (Å²) in [6.45, 7) is 1.53. The first kappa shape index (κ1) is 17.9. The van der Waals surface area contributed by atoms with Gasteiger partial charge >= 0.3 is 0 Å². The zero-order valence-corrected chi connectivity index (χ0v) is 15.4. The molecule has 3 rings (SSSR count). The molecule has 1 heterocycles. The van der Waals surface area contributed by atoms with Crippen molar-refractivity contribution in [3.8, 4) is 5.75 Å². The Kier molecular flexibility index (Phi) is 5.10. The molecule has 5 nitrogen and oxygen atoms in total. The number of aryl methyl sites for hydroxylation is 1. The minimum Gasteiger partial charge on any atom is -0.495 e. The van der Waals surface area contributed by atoms with E-state index in [9.17, 15) is 13.5 Å². The highest BCUT2D eigenvalue weighted by Gasteiger charge is 2.20. The fourth-order valence-electron chi connectivity index (χ4n) is 2.39. The third-order valence-corrected chi connectivity index (χ3v) is 6.33. The van der Waals surface area contributed by atoms with Crippen molar-refractivity contribution < 1.29 is 22.4 Å². The lowest BCUT2D eigenvalue weighted by atomic mass is 10.2. The average Bonchev–Trinajstić information content (AvgIpc) is 3.04. The van der Waals surface area contributed by atoms with Crippen molar-refractivity contribution in [2.45, 2.75) is 17.9 Å². The summed E-state index contributed by atoms with van der Waals surface area (Å²) in [6.07, 6.45) is -1.04. The Morgan fingerprint density at radius 3 is 2.56 bits per heavy atom. The highest BCUT2D eigenvalue weighted by molar-refractivity contribution is 7.86. The minimum absolute atomic E-state index is 0.0725. The van der Waals surface area contributed by atoms with Crippen LogP contribution >= 0.6 is 11.3 Å². The van der Waals surface area contributed by atoms with Crippen molar-refractivity contribution in [1.29, 1.82) is 0 Å². The first-order chi connectivity index (χ1) is 11.9. The van der Waals surface area contributed by atoms with Gasteiger partial charge in [-0.25, -0.2) is 0 Å². The topological polar surface area (TPSA) is 72.8 Å². The lowest BCUT2D eigenvalue weighted by Gasteiger charge is -2.10. The highest BCUT2D eigenvalue weighted by atomic mass is 32.2. The SMILES string of the molecule is COc1cccc2cc([C@H](O)COS(=O)(=O)c3ccc(C)cc3)sc12. The molecule has 1 aromatic heterocycles. The second-order valence-corrected chi connectivity index (χ2v) is 8.29. The van der Waals surface area contributed by atoms with E-state index in [1.54, 1.807) is 19.2 Å². The van der Waals surface area contributed by atoms with E-state index in [4.69, 9.17) is 8.92 Å². The van der Waals surface area contributed by atoms with Crippen LogP contribution < -0.4 is 4.74 Å². The van der Waals surface area contributed by atoms with Crippen LogP contribution in [0.1, 0.15) is 16.5 Å². The normalized spacial score (nSPS) is 13.1. The Bertz CT molecular complexity index is 974. The van der Waals surface area contributed by atoms with Gasteiger partial charge in [0.1, 0.15) is 11.9 Å². The molecule has 0 spiro atoms. The van der Waals surface area contributed by atoms with E-state index in [1.807, 2.05) is 31.2 Å². The van der Waals surface area contributed by atoms with E-state index in [0.717, 1.165) is 15.6 Å². The van der Waals surface area contributed by atoms with Crippen LogP contribution in [0.15, 0.2) is 53.4 Å². The summed E-state index contributed by atoms with van der Waals surface area (Å²) < 4.78 is 35.6. The summed E-state index contributed by atoms with van der Waals surface area (Å²) in [5.74, 6) is 0.717. The van der Waals surface area contributed by atoms with E-state index >= 15 is 0 Å². The van der Waals surface area contributed by atoms with E-state index < -0.39 is 16.2 Å². The fraction of sp³-hybridized carbons (Fsp3) is 0.222. The Morgan fingerprint density at radius 1 is 1.16 bits per heavy atom. The predicted molar refractivity (Wildman–Crippen MR) is 97.7 cm³/mol. The van der Waals surface area contributed by atoms with Gasteiger partial charge in [0, 0.05) is 4.88 Å². The lowest BCUT2D eigenvalue weighted by molar-refractivity contribution is 0.114. The van der Waals surface area contributed by atoms with Gasteiger partial charge in [-0.2, -0.15) is 8.42 Å². The van der Waals surface area contributed by atoms with Crippen molar-refractivity contribution in [2.24, 2.45) is 0 Å². The molecule has 0 fully saturated rings. The number of hydrogen-bond donors (Lipinski definition) is 1. The van der Waals surface area contributed by atoms with E-state index in [0.29, 0.717) is 10.6 Å². The highest BCUT2D eigenvalue weighted by Crippen LogP contribution is 2.36.